The van der Waals surface area contributed by atoms with Gasteiger partial charge in [0.15, 0.2) is 0 Å². The van der Waals surface area contributed by atoms with Crippen molar-refractivity contribution in [1.29, 1.82) is 0 Å². The largest absolute Gasteiger partial charge is 0.381 e. The van der Waals surface area contributed by atoms with Crippen molar-refractivity contribution in [3.8, 4) is 0 Å². The Morgan fingerprint density at radius 1 is 1.32 bits per heavy atom. The van der Waals surface area contributed by atoms with Crippen molar-refractivity contribution in [2.45, 2.75) is 25.2 Å². The lowest BCUT2D eigenvalue weighted by molar-refractivity contribution is -0.130. The van der Waals surface area contributed by atoms with Gasteiger partial charge in [-0.15, -0.1) is 12.4 Å². The molecular formula is C16H24ClFN2O2. The number of benzene rings is 1. The van der Waals surface area contributed by atoms with Gasteiger partial charge in [0.05, 0.1) is 5.41 Å². The van der Waals surface area contributed by atoms with Crippen molar-refractivity contribution in [3.63, 3.8) is 0 Å². The molecule has 2 N–H and O–H groups in total. The van der Waals surface area contributed by atoms with E-state index in [0.29, 0.717) is 32.6 Å². The van der Waals surface area contributed by atoms with Crippen LogP contribution in [0.3, 0.4) is 0 Å². The minimum Gasteiger partial charge on any atom is -0.381 e. The van der Waals surface area contributed by atoms with Crippen LogP contribution in [0.15, 0.2) is 24.3 Å². The molecule has 0 unspecified atom stereocenters. The summed E-state index contributed by atoms with van der Waals surface area (Å²) in [5.41, 5.74) is 0.0683. The Labute approximate surface area is 137 Å². The predicted octanol–water partition coefficient (Wildman–Crippen LogP) is 2.02. The number of hydrogen-bond acceptors (Lipinski definition) is 3. The fourth-order valence-corrected chi connectivity index (χ4v) is 2.76. The zero-order valence-corrected chi connectivity index (χ0v) is 13.7. The molecule has 0 spiro atoms. The smallest absolute Gasteiger partial charge is 0.230 e. The number of ether oxygens (including phenoxy) is 1. The Morgan fingerprint density at radius 2 is 2.05 bits per heavy atom. The van der Waals surface area contributed by atoms with Gasteiger partial charge in [-0.25, -0.2) is 4.39 Å². The molecule has 1 aliphatic heterocycles. The monoisotopic (exact) mass is 330 g/mol. The van der Waals surface area contributed by atoms with E-state index in [9.17, 15) is 9.18 Å². The SMILES string of the molecule is CCNCCNC(=O)C1(c2cccc(F)c2)CCOCC1.Cl. The van der Waals surface area contributed by atoms with Crippen molar-refractivity contribution >= 4 is 18.3 Å². The first-order valence-electron chi connectivity index (χ1n) is 7.52. The van der Waals surface area contributed by atoms with Crippen molar-refractivity contribution in [2.75, 3.05) is 32.8 Å². The second kappa shape index (κ2) is 9.08. The van der Waals surface area contributed by atoms with Gasteiger partial charge in [-0.05, 0) is 37.1 Å². The van der Waals surface area contributed by atoms with Crippen LogP contribution in [-0.4, -0.2) is 38.8 Å². The maximum absolute atomic E-state index is 13.5. The van der Waals surface area contributed by atoms with Crippen LogP contribution >= 0.6 is 12.4 Å². The third-order valence-corrected chi connectivity index (χ3v) is 4.00. The van der Waals surface area contributed by atoms with E-state index in [2.05, 4.69) is 10.6 Å². The summed E-state index contributed by atoms with van der Waals surface area (Å²) in [6.07, 6.45) is 1.17. The van der Waals surface area contributed by atoms with Gasteiger partial charge in [-0.1, -0.05) is 19.1 Å². The first kappa shape index (κ1) is 18.9. The summed E-state index contributed by atoms with van der Waals surface area (Å²) in [5, 5.41) is 6.14. The Hall–Kier alpha value is -1.17. The second-order valence-corrected chi connectivity index (χ2v) is 5.31. The molecule has 1 aromatic rings. The molecule has 1 heterocycles. The van der Waals surface area contributed by atoms with Gasteiger partial charge in [-0.2, -0.15) is 0 Å². The number of hydrogen-bond donors (Lipinski definition) is 2. The van der Waals surface area contributed by atoms with Crippen molar-refractivity contribution < 1.29 is 13.9 Å². The lowest BCUT2D eigenvalue weighted by Gasteiger charge is -2.36. The summed E-state index contributed by atoms with van der Waals surface area (Å²) in [4.78, 5) is 12.7. The lowest BCUT2D eigenvalue weighted by Crippen LogP contribution is -2.49. The van der Waals surface area contributed by atoms with E-state index in [1.54, 1.807) is 6.07 Å². The zero-order chi connectivity index (χ0) is 15.1. The molecule has 6 heteroatoms. The summed E-state index contributed by atoms with van der Waals surface area (Å²) in [7, 11) is 0. The van der Waals surface area contributed by atoms with Crippen LogP contribution in [-0.2, 0) is 14.9 Å². The molecule has 1 amide bonds. The van der Waals surface area contributed by atoms with Gasteiger partial charge in [-0.3, -0.25) is 4.79 Å². The molecular weight excluding hydrogens is 307 g/mol. The highest BCUT2D eigenvalue weighted by Gasteiger charge is 2.41. The van der Waals surface area contributed by atoms with Crippen molar-refractivity contribution in [3.05, 3.63) is 35.6 Å². The molecule has 2 rings (SSSR count). The van der Waals surface area contributed by atoms with Gasteiger partial charge >= 0.3 is 0 Å². The average Bonchev–Trinajstić information content (AvgIpc) is 2.52. The normalized spacial score (nSPS) is 16.6. The number of nitrogens with one attached hydrogen (secondary N) is 2. The molecule has 1 aliphatic rings. The molecule has 0 bridgehead atoms. The minimum absolute atomic E-state index is 0. The predicted molar refractivity (Wildman–Crippen MR) is 86.9 cm³/mol. The molecule has 0 aromatic heterocycles. The van der Waals surface area contributed by atoms with Crippen LogP contribution in [0.25, 0.3) is 0 Å². The lowest BCUT2D eigenvalue weighted by atomic mass is 9.73. The third-order valence-electron chi connectivity index (χ3n) is 4.00. The molecule has 0 aliphatic carbocycles. The molecule has 1 fully saturated rings. The third kappa shape index (κ3) is 4.41. The standard InChI is InChI=1S/C16H23FN2O2.ClH/c1-2-18-8-9-19-15(20)16(6-10-21-11-7-16)13-4-3-5-14(17)12-13;/h3-5,12,18H,2,6-11H2,1H3,(H,19,20);1H. The minimum atomic E-state index is -0.674. The summed E-state index contributed by atoms with van der Waals surface area (Å²) in [6.45, 7) is 5.25. The first-order valence-corrected chi connectivity index (χ1v) is 7.52. The summed E-state index contributed by atoms with van der Waals surface area (Å²) >= 11 is 0. The van der Waals surface area contributed by atoms with Crippen molar-refractivity contribution in [1.82, 2.24) is 10.6 Å². The summed E-state index contributed by atoms with van der Waals surface area (Å²) in [5.74, 6) is -0.340. The fourth-order valence-electron chi connectivity index (χ4n) is 2.76. The number of carbonyl (C=O) groups excluding carboxylic acids is 1. The number of amides is 1. The summed E-state index contributed by atoms with van der Waals surface area (Å²) in [6, 6.07) is 6.36. The number of halogens is 2. The Kier molecular flexibility index (Phi) is 7.79. The quantitative estimate of drug-likeness (QED) is 0.785. The highest BCUT2D eigenvalue weighted by atomic mass is 35.5. The highest BCUT2D eigenvalue weighted by molar-refractivity contribution is 5.88. The van der Waals surface area contributed by atoms with Gasteiger partial charge in [0, 0.05) is 26.3 Å². The Bertz CT molecular complexity index is 479. The second-order valence-electron chi connectivity index (χ2n) is 5.31. The molecule has 124 valence electrons. The molecule has 1 aromatic carbocycles. The van der Waals surface area contributed by atoms with E-state index < -0.39 is 5.41 Å². The van der Waals surface area contributed by atoms with E-state index in [-0.39, 0.29) is 24.1 Å². The van der Waals surface area contributed by atoms with E-state index in [1.807, 2.05) is 13.0 Å². The van der Waals surface area contributed by atoms with Crippen LogP contribution in [0.5, 0.6) is 0 Å². The maximum atomic E-state index is 13.5. The van der Waals surface area contributed by atoms with Crippen LogP contribution in [0.4, 0.5) is 4.39 Å². The molecule has 1 saturated heterocycles. The van der Waals surface area contributed by atoms with E-state index in [4.69, 9.17) is 4.74 Å². The topological polar surface area (TPSA) is 50.4 Å². The number of rotatable bonds is 6. The van der Waals surface area contributed by atoms with Gasteiger partial charge in [0.25, 0.3) is 0 Å². The average molecular weight is 331 g/mol. The van der Waals surface area contributed by atoms with Crippen molar-refractivity contribution in [2.24, 2.45) is 0 Å². The first-order chi connectivity index (χ1) is 10.2. The highest BCUT2D eigenvalue weighted by Crippen LogP contribution is 2.35. The van der Waals surface area contributed by atoms with Crippen LogP contribution in [0.1, 0.15) is 25.3 Å². The summed E-state index contributed by atoms with van der Waals surface area (Å²) < 4.78 is 18.9. The molecule has 0 atom stereocenters. The Morgan fingerprint density at radius 3 is 2.68 bits per heavy atom. The van der Waals surface area contributed by atoms with Gasteiger partial charge in [0.2, 0.25) is 5.91 Å². The van der Waals surface area contributed by atoms with E-state index in [0.717, 1.165) is 18.7 Å². The Balaban J connectivity index is 0.00000242. The van der Waals surface area contributed by atoms with Crippen LogP contribution in [0, 0.1) is 5.82 Å². The molecule has 0 saturated carbocycles. The van der Waals surface area contributed by atoms with Crippen LogP contribution < -0.4 is 10.6 Å². The van der Waals surface area contributed by atoms with Gasteiger partial charge in [0.1, 0.15) is 5.82 Å². The van der Waals surface area contributed by atoms with Crippen LogP contribution in [0.2, 0.25) is 0 Å². The molecule has 4 nitrogen and oxygen atoms in total. The number of likely N-dealkylation sites (N-methyl/N-ethyl adjacent to an activating group) is 1. The van der Waals surface area contributed by atoms with E-state index >= 15 is 0 Å². The maximum Gasteiger partial charge on any atom is 0.230 e. The molecule has 22 heavy (non-hydrogen) atoms. The molecule has 0 radical (unpaired) electrons. The fraction of sp³-hybridized carbons (Fsp3) is 0.562. The number of carbonyl (C=O) groups is 1. The zero-order valence-electron chi connectivity index (χ0n) is 12.9. The van der Waals surface area contributed by atoms with Gasteiger partial charge < -0.3 is 15.4 Å². The van der Waals surface area contributed by atoms with E-state index in [1.165, 1.54) is 12.1 Å².